The molecule has 2 saturated heterocycles. The first-order valence-corrected chi connectivity index (χ1v) is 12.9. The summed E-state index contributed by atoms with van der Waals surface area (Å²) in [6.07, 6.45) is 3.46. The zero-order chi connectivity index (χ0) is 24.4. The molecule has 3 fully saturated rings. The van der Waals surface area contributed by atoms with E-state index in [1.54, 1.807) is 0 Å². The number of piperidine rings is 1. The molecule has 3 aliphatic heterocycles. The lowest BCUT2D eigenvalue weighted by Gasteiger charge is -2.43. The Morgan fingerprint density at radius 1 is 1.23 bits per heavy atom. The number of cyclic esters (lactones) is 1. The van der Waals surface area contributed by atoms with Crippen molar-refractivity contribution in [3.8, 4) is 0 Å². The van der Waals surface area contributed by atoms with Gasteiger partial charge >= 0.3 is 12.1 Å². The van der Waals surface area contributed by atoms with Crippen LogP contribution in [0.2, 0.25) is 0 Å². The third-order valence-corrected chi connectivity index (χ3v) is 9.51. The largest absolute Gasteiger partial charge is 0.460 e. The van der Waals surface area contributed by atoms with E-state index in [1.807, 2.05) is 17.1 Å². The number of rotatable bonds is 5. The molecule has 35 heavy (non-hydrogen) atoms. The van der Waals surface area contributed by atoms with E-state index >= 15 is 0 Å². The molecule has 190 valence electrons. The zero-order valence-electron chi connectivity index (χ0n) is 19.3. The molecule has 11 heteroatoms. The smallest absolute Gasteiger partial charge is 0.425 e. The topological polar surface area (TPSA) is 76.8 Å². The number of alkyl halides is 3. The molecule has 1 aliphatic carbocycles. The van der Waals surface area contributed by atoms with E-state index in [4.69, 9.17) is 9.47 Å². The minimum Gasteiger partial charge on any atom is -0.460 e. The van der Waals surface area contributed by atoms with Crippen molar-refractivity contribution in [2.75, 3.05) is 19.7 Å². The molecule has 4 aliphatic rings. The highest BCUT2D eigenvalue weighted by Gasteiger charge is 2.57. The van der Waals surface area contributed by atoms with Gasteiger partial charge in [-0.25, -0.2) is 0 Å². The van der Waals surface area contributed by atoms with E-state index in [0.717, 1.165) is 36.2 Å². The summed E-state index contributed by atoms with van der Waals surface area (Å²) in [5.41, 5.74) is 0.779. The van der Waals surface area contributed by atoms with Gasteiger partial charge in [0.2, 0.25) is 0 Å². The Morgan fingerprint density at radius 2 is 2.00 bits per heavy atom. The van der Waals surface area contributed by atoms with Crippen LogP contribution in [0, 0.1) is 5.41 Å². The van der Waals surface area contributed by atoms with Gasteiger partial charge in [-0.2, -0.15) is 18.3 Å². The molecular weight excluding hydrogens is 483 g/mol. The van der Waals surface area contributed by atoms with Crippen molar-refractivity contribution >= 4 is 17.3 Å². The second-order valence-corrected chi connectivity index (χ2v) is 11.3. The Bertz CT molecular complexity index is 1130. The Morgan fingerprint density at radius 3 is 2.66 bits per heavy atom. The molecule has 7 nitrogen and oxygen atoms in total. The number of fused-ring (bicyclic) bond motifs is 2. The number of carbonyl (C=O) groups is 1. The lowest BCUT2D eigenvalue weighted by molar-refractivity contribution is -0.145. The number of carbonyl (C=O) groups excluding carboxylic acids is 1. The van der Waals surface area contributed by atoms with Crippen LogP contribution in [0.3, 0.4) is 0 Å². The first kappa shape index (κ1) is 23.4. The van der Waals surface area contributed by atoms with E-state index in [1.165, 1.54) is 0 Å². The standard InChI is InChI=1S/C24H28F3N3O4S/c25-24(26,27)20-18(14-31)17-1-8-33-23(19(17)35-20)4-6-29(7-5-23)11-15-10-28-30(12-15)13-16-9-22(2-3-22)21(32)34-16/h10,12,16,31H,1-9,11,13-14H2. The second kappa shape index (κ2) is 8.29. The predicted octanol–water partition coefficient (Wildman–Crippen LogP) is 3.62. The highest BCUT2D eigenvalue weighted by Crippen LogP contribution is 2.55. The SMILES string of the molecule is O=C1OC(Cn2cc(CN3CCC4(CC3)OCCc3c4sc(C(F)(F)F)c3CO)cn2)CC12CC2. The third-order valence-electron chi connectivity index (χ3n) is 8.00. The van der Waals surface area contributed by atoms with Gasteiger partial charge < -0.3 is 14.6 Å². The zero-order valence-corrected chi connectivity index (χ0v) is 20.1. The maximum Gasteiger partial charge on any atom is 0.425 e. The summed E-state index contributed by atoms with van der Waals surface area (Å²) in [4.78, 5) is 14.2. The molecule has 1 unspecified atom stereocenters. The van der Waals surface area contributed by atoms with Gasteiger partial charge in [0.15, 0.2) is 0 Å². The molecular formula is C24H28F3N3O4S. The number of esters is 1. The van der Waals surface area contributed by atoms with Crippen molar-refractivity contribution < 1.29 is 32.5 Å². The average molecular weight is 512 g/mol. The van der Waals surface area contributed by atoms with E-state index in [0.29, 0.717) is 62.5 Å². The Balaban J connectivity index is 1.10. The number of hydrogen-bond donors (Lipinski definition) is 1. The lowest BCUT2D eigenvalue weighted by Crippen LogP contribution is -2.45. The van der Waals surface area contributed by atoms with Crippen LogP contribution in [0.15, 0.2) is 12.4 Å². The van der Waals surface area contributed by atoms with Crippen molar-refractivity contribution in [3.05, 3.63) is 38.8 Å². The van der Waals surface area contributed by atoms with Gasteiger partial charge in [0, 0.05) is 48.3 Å². The number of halogens is 3. The van der Waals surface area contributed by atoms with Crippen molar-refractivity contribution in [1.82, 2.24) is 14.7 Å². The molecule has 0 amide bonds. The third kappa shape index (κ3) is 4.10. The minimum atomic E-state index is -4.47. The number of nitrogens with zero attached hydrogens (tertiary/aromatic N) is 3. The lowest BCUT2D eigenvalue weighted by atomic mass is 9.84. The molecule has 2 aromatic rings. The van der Waals surface area contributed by atoms with Crippen molar-refractivity contribution in [2.24, 2.45) is 5.41 Å². The molecule has 2 aromatic heterocycles. The Labute approximate surface area is 204 Å². The van der Waals surface area contributed by atoms with E-state index in [2.05, 4.69) is 10.00 Å². The normalized spacial score (nSPS) is 25.3. The molecule has 0 aromatic carbocycles. The Kier molecular flexibility index (Phi) is 5.55. The van der Waals surface area contributed by atoms with Crippen LogP contribution in [0.5, 0.6) is 0 Å². The first-order valence-electron chi connectivity index (χ1n) is 12.1. The minimum absolute atomic E-state index is 0.0237. The molecule has 6 rings (SSSR count). The van der Waals surface area contributed by atoms with Crippen molar-refractivity contribution in [2.45, 2.75) is 76.1 Å². The highest BCUT2D eigenvalue weighted by molar-refractivity contribution is 7.12. The molecule has 1 saturated carbocycles. The number of likely N-dealkylation sites (tertiary alicyclic amines) is 1. The maximum absolute atomic E-state index is 13.6. The highest BCUT2D eigenvalue weighted by atomic mass is 32.1. The van der Waals surface area contributed by atoms with Gasteiger partial charge in [0.1, 0.15) is 16.6 Å². The quantitative estimate of drug-likeness (QED) is 0.618. The number of thiophene rings is 1. The summed E-state index contributed by atoms with van der Waals surface area (Å²) in [6.45, 7) is 2.40. The number of aliphatic hydroxyl groups is 1. The number of aliphatic hydroxyl groups excluding tert-OH is 1. The summed E-state index contributed by atoms with van der Waals surface area (Å²) < 4.78 is 54.3. The fraction of sp³-hybridized carbons (Fsp3) is 0.667. The van der Waals surface area contributed by atoms with E-state index < -0.39 is 23.3 Å². The fourth-order valence-corrected chi connectivity index (χ4v) is 7.37. The summed E-state index contributed by atoms with van der Waals surface area (Å²) in [5, 5.41) is 14.1. The van der Waals surface area contributed by atoms with Gasteiger partial charge in [0.25, 0.3) is 0 Å². The Hall–Kier alpha value is -1.95. The molecule has 0 bridgehead atoms. The van der Waals surface area contributed by atoms with Gasteiger partial charge in [-0.05, 0) is 37.7 Å². The molecule has 1 N–H and O–H groups in total. The number of aromatic nitrogens is 2. The van der Waals surface area contributed by atoms with E-state index in [9.17, 15) is 23.1 Å². The molecule has 1 atom stereocenters. The molecule has 2 spiro atoms. The monoisotopic (exact) mass is 511 g/mol. The summed E-state index contributed by atoms with van der Waals surface area (Å²) in [6, 6.07) is 0. The average Bonchev–Trinajstić information content (AvgIpc) is 3.14. The van der Waals surface area contributed by atoms with Gasteiger partial charge in [-0.15, -0.1) is 11.3 Å². The van der Waals surface area contributed by atoms with Crippen molar-refractivity contribution in [3.63, 3.8) is 0 Å². The van der Waals surface area contributed by atoms with Crippen LogP contribution in [0.25, 0.3) is 0 Å². The van der Waals surface area contributed by atoms with Crippen LogP contribution in [-0.2, 0) is 52.2 Å². The maximum atomic E-state index is 13.6. The fourth-order valence-electron chi connectivity index (χ4n) is 5.94. The molecule has 5 heterocycles. The van der Waals surface area contributed by atoms with Gasteiger partial charge in [-0.1, -0.05) is 0 Å². The van der Waals surface area contributed by atoms with Crippen LogP contribution < -0.4 is 0 Å². The van der Waals surface area contributed by atoms with Gasteiger partial charge in [0.05, 0.1) is 31.4 Å². The number of hydrogen-bond acceptors (Lipinski definition) is 7. The van der Waals surface area contributed by atoms with Crippen LogP contribution >= 0.6 is 11.3 Å². The van der Waals surface area contributed by atoms with Crippen molar-refractivity contribution in [1.29, 1.82) is 0 Å². The summed E-state index contributed by atoms with van der Waals surface area (Å²) >= 11 is 0.749. The summed E-state index contributed by atoms with van der Waals surface area (Å²) in [7, 11) is 0. The molecule has 0 radical (unpaired) electrons. The van der Waals surface area contributed by atoms with Crippen LogP contribution in [0.4, 0.5) is 13.2 Å². The summed E-state index contributed by atoms with van der Waals surface area (Å²) in [5.74, 6) is -0.0654. The van der Waals surface area contributed by atoms with Crippen LogP contribution in [-0.4, -0.2) is 51.6 Å². The van der Waals surface area contributed by atoms with E-state index in [-0.39, 0.29) is 23.1 Å². The van der Waals surface area contributed by atoms with Crippen LogP contribution in [0.1, 0.15) is 58.5 Å². The predicted molar refractivity (Wildman–Crippen MR) is 119 cm³/mol. The van der Waals surface area contributed by atoms with Gasteiger partial charge in [-0.3, -0.25) is 14.4 Å². The number of ether oxygens (including phenoxy) is 2. The first-order chi connectivity index (χ1) is 16.7. The second-order valence-electron chi connectivity index (χ2n) is 10.3.